The third-order valence-electron chi connectivity index (χ3n) is 4.58. The van der Waals surface area contributed by atoms with Crippen LogP contribution in [0.3, 0.4) is 0 Å². The molecule has 1 saturated carbocycles. The van der Waals surface area contributed by atoms with E-state index in [0.717, 1.165) is 17.5 Å². The zero-order valence-corrected chi connectivity index (χ0v) is 13.7. The minimum atomic E-state index is -0.0440. The van der Waals surface area contributed by atoms with E-state index in [4.69, 9.17) is 0 Å². The Morgan fingerprint density at radius 2 is 2.09 bits per heavy atom. The molecule has 1 aromatic heterocycles. The molecule has 3 rings (SSSR count). The van der Waals surface area contributed by atoms with Crippen LogP contribution in [0.15, 0.2) is 24.3 Å². The molecule has 6 heteroatoms. The number of carbonyl (C=O) groups is 1. The molecule has 1 aliphatic carbocycles. The van der Waals surface area contributed by atoms with Crippen LogP contribution in [0.1, 0.15) is 38.2 Å². The van der Waals surface area contributed by atoms with E-state index in [9.17, 15) is 4.79 Å². The Kier molecular flexibility index (Phi) is 4.69. The van der Waals surface area contributed by atoms with Crippen molar-refractivity contribution < 1.29 is 4.79 Å². The number of aryl methyl sites for hydroxylation is 1. The van der Waals surface area contributed by atoms with Gasteiger partial charge < -0.3 is 5.32 Å². The molecule has 0 bridgehead atoms. The van der Waals surface area contributed by atoms with E-state index in [1.807, 2.05) is 31.2 Å². The second-order valence-electron chi connectivity index (χ2n) is 6.39. The van der Waals surface area contributed by atoms with E-state index in [2.05, 4.69) is 27.7 Å². The lowest BCUT2D eigenvalue weighted by Gasteiger charge is -2.29. The number of benzene rings is 1. The number of nitrogens with one attached hydrogen (secondary N) is 1. The summed E-state index contributed by atoms with van der Waals surface area (Å²) in [7, 11) is 0. The maximum atomic E-state index is 12.2. The predicted molar refractivity (Wildman–Crippen MR) is 87.6 cm³/mol. The summed E-state index contributed by atoms with van der Waals surface area (Å²) >= 11 is 0. The number of aromatic nitrogens is 4. The first-order chi connectivity index (χ1) is 11.1. The van der Waals surface area contributed by atoms with Crippen molar-refractivity contribution in [2.45, 2.75) is 52.1 Å². The van der Waals surface area contributed by atoms with Crippen molar-refractivity contribution in [1.82, 2.24) is 25.5 Å². The second-order valence-corrected chi connectivity index (χ2v) is 6.39. The van der Waals surface area contributed by atoms with Gasteiger partial charge in [-0.2, -0.15) is 4.80 Å². The molecule has 0 unspecified atom stereocenters. The third kappa shape index (κ3) is 3.75. The Balaban J connectivity index is 1.62. The standard InChI is InChI=1S/C17H23N5O/c1-12-7-3-5-9-14(12)17-19-21-22(20-17)11-16(23)18-15-10-6-4-8-13(15)2/h3,5,7,9,13,15H,4,6,8,10-11H2,1-2H3,(H,18,23)/t13-,15+/m0/s1. The monoisotopic (exact) mass is 313 g/mol. The van der Waals surface area contributed by atoms with E-state index in [1.165, 1.54) is 24.1 Å². The van der Waals surface area contributed by atoms with Gasteiger partial charge in [-0.1, -0.05) is 44.0 Å². The van der Waals surface area contributed by atoms with Crippen LogP contribution in [-0.4, -0.2) is 32.2 Å². The highest BCUT2D eigenvalue weighted by molar-refractivity contribution is 5.75. The maximum absolute atomic E-state index is 12.2. The summed E-state index contributed by atoms with van der Waals surface area (Å²) < 4.78 is 0. The van der Waals surface area contributed by atoms with Crippen molar-refractivity contribution in [2.24, 2.45) is 5.92 Å². The summed E-state index contributed by atoms with van der Waals surface area (Å²) in [5.74, 6) is 1.05. The number of nitrogens with zero attached hydrogens (tertiary/aromatic N) is 4. The molecule has 1 aromatic carbocycles. The van der Waals surface area contributed by atoms with Gasteiger partial charge in [0.05, 0.1) is 0 Å². The smallest absolute Gasteiger partial charge is 0.243 e. The number of hydrogen-bond acceptors (Lipinski definition) is 4. The molecule has 2 aromatic rings. The Bertz CT molecular complexity index is 681. The van der Waals surface area contributed by atoms with Crippen molar-refractivity contribution in [3.05, 3.63) is 29.8 Å². The van der Waals surface area contributed by atoms with Gasteiger partial charge in [-0.25, -0.2) is 0 Å². The summed E-state index contributed by atoms with van der Waals surface area (Å²) in [4.78, 5) is 13.6. The number of hydrogen-bond donors (Lipinski definition) is 1. The normalized spacial score (nSPS) is 21.1. The molecule has 0 spiro atoms. The van der Waals surface area contributed by atoms with Crippen molar-refractivity contribution in [3.63, 3.8) is 0 Å². The van der Waals surface area contributed by atoms with E-state index < -0.39 is 0 Å². The predicted octanol–water partition coefficient (Wildman–Crippen LogP) is 2.34. The third-order valence-corrected chi connectivity index (χ3v) is 4.58. The van der Waals surface area contributed by atoms with E-state index in [-0.39, 0.29) is 18.5 Å². The van der Waals surface area contributed by atoms with Gasteiger partial charge in [0.25, 0.3) is 0 Å². The molecule has 1 N–H and O–H groups in total. The summed E-state index contributed by atoms with van der Waals surface area (Å²) in [5.41, 5.74) is 2.03. The molecular weight excluding hydrogens is 290 g/mol. The van der Waals surface area contributed by atoms with Gasteiger partial charge in [0.2, 0.25) is 11.7 Å². The summed E-state index contributed by atoms with van der Waals surface area (Å²) in [5, 5.41) is 15.5. The van der Waals surface area contributed by atoms with Gasteiger partial charge in [0.1, 0.15) is 6.54 Å². The van der Waals surface area contributed by atoms with Crippen molar-refractivity contribution in [2.75, 3.05) is 0 Å². The Morgan fingerprint density at radius 3 is 2.87 bits per heavy atom. The lowest BCUT2D eigenvalue weighted by atomic mass is 9.86. The van der Waals surface area contributed by atoms with Gasteiger partial charge in [0, 0.05) is 11.6 Å². The van der Waals surface area contributed by atoms with Crippen molar-refractivity contribution >= 4 is 5.91 Å². The molecule has 23 heavy (non-hydrogen) atoms. The first-order valence-corrected chi connectivity index (χ1v) is 8.26. The molecule has 122 valence electrons. The highest BCUT2D eigenvalue weighted by Crippen LogP contribution is 2.23. The topological polar surface area (TPSA) is 72.7 Å². The van der Waals surface area contributed by atoms with Crippen LogP contribution in [0.25, 0.3) is 11.4 Å². The highest BCUT2D eigenvalue weighted by atomic mass is 16.2. The number of tetrazole rings is 1. The first-order valence-electron chi connectivity index (χ1n) is 8.26. The zero-order valence-electron chi connectivity index (χ0n) is 13.7. The Morgan fingerprint density at radius 1 is 1.30 bits per heavy atom. The SMILES string of the molecule is Cc1ccccc1-c1nnn(CC(=O)N[C@@H]2CCCC[C@@H]2C)n1. The number of rotatable bonds is 4. The van der Waals surface area contributed by atoms with Gasteiger partial charge in [-0.3, -0.25) is 4.79 Å². The van der Waals surface area contributed by atoms with E-state index >= 15 is 0 Å². The molecular formula is C17H23N5O. The van der Waals surface area contributed by atoms with Crippen LogP contribution < -0.4 is 5.32 Å². The minimum absolute atomic E-state index is 0.0440. The average Bonchev–Trinajstić information content (AvgIpc) is 2.98. The second kappa shape index (κ2) is 6.89. The lowest BCUT2D eigenvalue weighted by molar-refractivity contribution is -0.123. The van der Waals surface area contributed by atoms with Crippen LogP contribution in [0.2, 0.25) is 0 Å². The lowest BCUT2D eigenvalue weighted by Crippen LogP contribution is -2.42. The fourth-order valence-electron chi connectivity index (χ4n) is 3.15. The largest absolute Gasteiger partial charge is 0.351 e. The molecule has 1 fully saturated rings. The summed E-state index contributed by atoms with van der Waals surface area (Å²) in [6.07, 6.45) is 4.70. The van der Waals surface area contributed by atoms with Crippen molar-refractivity contribution in [3.8, 4) is 11.4 Å². The minimum Gasteiger partial charge on any atom is -0.351 e. The summed E-state index contributed by atoms with van der Waals surface area (Å²) in [6, 6.07) is 8.16. The molecule has 1 amide bonds. The molecule has 6 nitrogen and oxygen atoms in total. The van der Waals surface area contributed by atoms with Gasteiger partial charge >= 0.3 is 0 Å². The molecule has 1 aliphatic rings. The fourth-order valence-corrected chi connectivity index (χ4v) is 3.15. The molecule has 0 radical (unpaired) electrons. The molecule has 0 aliphatic heterocycles. The highest BCUT2D eigenvalue weighted by Gasteiger charge is 2.23. The van der Waals surface area contributed by atoms with Gasteiger partial charge in [0.15, 0.2) is 0 Å². The van der Waals surface area contributed by atoms with E-state index in [1.54, 1.807) is 0 Å². The van der Waals surface area contributed by atoms with Crippen LogP contribution >= 0.6 is 0 Å². The number of carbonyl (C=O) groups excluding carboxylic acids is 1. The Labute approximate surface area is 136 Å². The average molecular weight is 313 g/mol. The van der Waals surface area contributed by atoms with Crippen LogP contribution in [0.5, 0.6) is 0 Å². The number of amides is 1. The quantitative estimate of drug-likeness (QED) is 0.940. The van der Waals surface area contributed by atoms with Crippen molar-refractivity contribution in [1.29, 1.82) is 0 Å². The molecule has 2 atom stereocenters. The zero-order chi connectivity index (χ0) is 16.2. The molecule has 1 heterocycles. The van der Waals surface area contributed by atoms with Gasteiger partial charge in [-0.05, 0) is 36.5 Å². The maximum Gasteiger partial charge on any atom is 0.243 e. The van der Waals surface area contributed by atoms with Crippen LogP contribution in [0.4, 0.5) is 0 Å². The Hall–Kier alpha value is -2.24. The van der Waals surface area contributed by atoms with Gasteiger partial charge in [-0.15, -0.1) is 10.2 Å². The summed E-state index contributed by atoms with van der Waals surface area (Å²) in [6.45, 7) is 4.32. The first kappa shape index (κ1) is 15.6. The van der Waals surface area contributed by atoms with E-state index in [0.29, 0.717) is 11.7 Å². The fraction of sp³-hybridized carbons (Fsp3) is 0.529. The van der Waals surface area contributed by atoms with Crippen LogP contribution in [0, 0.1) is 12.8 Å². The van der Waals surface area contributed by atoms with Crippen LogP contribution in [-0.2, 0) is 11.3 Å². The molecule has 0 saturated heterocycles.